The Balaban J connectivity index is 2.26. The summed E-state index contributed by atoms with van der Waals surface area (Å²) in [5.41, 5.74) is 0. The molecule has 1 N–H and O–H groups in total. The number of hydrogen-bond donors (Lipinski definition) is 1. The summed E-state index contributed by atoms with van der Waals surface area (Å²) >= 11 is 0. The highest BCUT2D eigenvalue weighted by Crippen LogP contribution is 2.35. The van der Waals surface area contributed by atoms with Gasteiger partial charge in [-0.3, -0.25) is 0 Å². The van der Waals surface area contributed by atoms with Crippen LogP contribution in [0.15, 0.2) is 0 Å². The fourth-order valence-corrected chi connectivity index (χ4v) is 2.92. The molecule has 17 heavy (non-hydrogen) atoms. The maximum Gasteiger partial charge on any atom is 0.0608 e. The maximum atomic E-state index is 6.13. The van der Waals surface area contributed by atoms with Gasteiger partial charge in [-0.2, -0.15) is 0 Å². The molecule has 2 nitrogen and oxygen atoms in total. The van der Waals surface area contributed by atoms with E-state index >= 15 is 0 Å². The molecule has 0 aromatic heterocycles. The van der Waals surface area contributed by atoms with Gasteiger partial charge in [0.25, 0.3) is 0 Å². The van der Waals surface area contributed by atoms with E-state index in [1.807, 2.05) is 0 Å². The minimum atomic E-state index is 0.514. The number of rotatable bonds is 7. The van der Waals surface area contributed by atoms with Crippen molar-refractivity contribution in [3.63, 3.8) is 0 Å². The maximum absolute atomic E-state index is 6.13. The molecular weight excluding hydrogens is 210 g/mol. The molecule has 1 rings (SSSR count). The zero-order valence-corrected chi connectivity index (χ0v) is 12.2. The molecule has 3 atom stereocenters. The third-order valence-corrected chi connectivity index (χ3v) is 4.04. The Morgan fingerprint density at radius 2 is 2.06 bits per heavy atom. The van der Waals surface area contributed by atoms with Crippen molar-refractivity contribution >= 4 is 0 Å². The van der Waals surface area contributed by atoms with E-state index in [2.05, 4.69) is 33.0 Å². The first-order chi connectivity index (χ1) is 8.15. The van der Waals surface area contributed by atoms with Crippen LogP contribution >= 0.6 is 0 Å². The Kier molecular flexibility index (Phi) is 7.14. The van der Waals surface area contributed by atoms with Gasteiger partial charge in [-0.1, -0.05) is 34.1 Å². The summed E-state index contributed by atoms with van der Waals surface area (Å²) in [6, 6.07) is 0. The van der Waals surface area contributed by atoms with Crippen LogP contribution < -0.4 is 5.32 Å². The fraction of sp³-hybridized carbons (Fsp3) is 1.00. The van der Waals surface area contributed by atoms with Crippen LogP contribution in [0.3, 0.4) is 0 Å². The average molecular weight is 241 g/mol. The molecule has 1 saturated carbocycles. The number of hydrogen-bond acceptors (Lipinski definition) is 2. The molecule has 0 heterocycles. The molecule has 0 aromatic rings. The second-order valence-electron chi connectivity index (χ2n) is 5.94. The van der Waals surface area contributed by atoms with Crippen molar-refractivity contribution in [2.24, 2.45) is 17.8 Å². The summed E-state index contributed by atoms with van der Waals surface area (Å²) in [4.78, 5) is 0. The van der Waals surface area contributed by atoms with Gasteiger partial charge in [0.2, 0.25) is 0 Å². The quantitative estimate of drug-likeness (QED) is 0.689. The molecule has 0 aliphatic heterocycles. The first-order valence-corrected chi connectivity index (χ1v) is 7.47. The normalized spacial score (nSPS) is 29.8. The molecule has 0 saturated heterocycles. The van der Waals surface area contributed by atoms with Gasteiger partial charge in [-0.25, -0.2) is 0 Å². The second-order valence-corrected chi connectivity index (χ2v) is 5.94. The Hall–Kier alpha value is -0.0800. The van der Waals surface area contributed by atoms with E-state index in [-0.39, 0.29) is 0 Å². The molecule has 0 bridgehead atoms. The van der Waals surface area contributed by atoms with Crippen molar-refractivity contribution in [1.29, 1.82) is 0 Å². The summed E-state index contributed by atoms with van der Waals surface area (Å²) < 4.78 is 6.13. The van der Waals surface area contributed by atoms with Crippen LogP contribution in [0.25, 0.3) is 0 Å². The third-order valence-electron chi connectivity index (χ3n) is 4.04. The van der Waals surface area contributed by atoms with Crippen LogP contribution in [0.1, 0.15) is 53.4 Å². The van der Waals surface area contributed by atoms with Crippen molar-refractivity contribution in [2.45, 2.75) is 59.5 Å². The van der Waals surface area contributed by atoms with E-state index in [0.29, 0.717) is 6.10 Å². The van der Waals surface area contributed by atoms with E-state index in [9.17, 15) is 0 Å². The monoisotopic (exact) mass is 241 g/mol. The van der Waals surface area contributed by atoms with Crippen molar-refractivity contribution in [3.05, 3.63) is 0 Å². The van der Waals surface area contributed by atoms with Gasteiger partial charge in [-0.05, 0) is 50.1 Å². The lowest BCUT2D eigenvalue weighted by Gasteiger charge is -2.37. The predicted octanol–water partition coefficient (Wildman–Crippen LogP) is 3.46. The van der Waals surface area contributed by atoms with Crippen molar-refractivity contribution in [1.82, 2.24) is 5.32 Å². The van der Waals surface area contributed by atoms with Crippen LogP contribution in [0.2, 0.25) is 0 Å². The van der Waals surface area contributed by atoms with E-state index in [0.717, 1.165) is 43.9 Å². The molecule has 0 radical (unpaired) electrons. The van der Waals surface area contributed by atoms with Gasteiger partial charge in [-0.15, -0.1) is 0 Å². The van der Waals surface area contributed by atoms with Gasteiger partial charge in [0.05, 0.1) is 6.10 Å². The summed E-state index contributed by atoms with van der Waals surface area (Å²) in [6.45, 7) is 12.3. The summed E-state index contributed by atoms with van der Waals surface area (Å²) in [6.07, 6.45) is 5.67. The number of nitrogens with one attached hydrogen (secondary N) is 1. The minimum Gasteiger partial charge on any atom is -0.378 e. The molecular formula is C15H31NO. The van der Waals surface area contributed by atoms with E-state index in [1.165, 1.54) is 19.3 Å². The third kappa shape index (κ3) is 5.39. The SMILES string of the molecule is CCNCCCOC1CC(C)CCC1C(C)C. The predicted molar refractivity (Wildman–Crippen MR) is 74.2 cm³/mol. The van der Waals surface area contributed by atoms with Gasteiger partial charge in [0, 0.05) is 6.61 Å². The van der Waals surface area contributed by atoms with Gasteiger partial charge < -0.3 is 10.1 Å². The summed E-state index contributed by atoms with van der Waals surface area (Å²) in [5.74, 6) is 2.40. The van der Waals surface area contributed by atoms with Crippen molar-refractivity contribution in [3.8, 4) is 0 Å². The van der Waals surface area contributed by atoms with Gasteiger partial charge in [0.15, 0.2) is 0 Å². The molecule has 3 unspecified atom stereocenters. The summed E-state index contributed by atoms with van der Waals surface area (Å²) in [5, 5.41) is 3.35. The molecule has 1 fully saturated rings. The minimum absolute atomic E-state index is 0.514. The van der Waals surface area contributed by atoms with Gasteiger partial charge >= 0.3 is 0 Å². The zero-order chi connectivity index (χ0) is 12.7. The Morgan fingerprint density at radius 1 is 1.29 bits per heavy atom. The zero-order valence-electron chi connectivity index (χ0n) is 12.2. The van der Waals surface area contributed by atoms with Crippen LogP contribution in [-0.2, 0) is 4.74 Å². The molecule has 0 aromatic carbocycles. The van der Waals surface area contributed by atoms with Crippen molar-refractivity contribution in [2.75, 3.05) is 19.7 Å². The molecule has 102 valence electrons. The lowest BCUT2D eigenvalue weighted by Crippen LogP contribution is -2.34. The largest absolute Gasteiger partial charge is 0.378 e. The standard InChI is InChI=1S/C15H31NO/c1-5-16-9-6-10-17-15-11-13(4)7-8-14(15)12(2)3/h12-16H,5-11H2,1-4H3. The molecule has 2 heteroatoms. The molecule has 0 spiro atoms. The fourth-order valence-electron chi connectivity index (χ4n) is 2.92. The first kappa shape index (κ1) is 15.0. The molecule has 0 amide bonds. The Morgan fingerprint density at radius 3 is 2.71 bits per heavy atom. The van der Waals surface area contributed by atoms with Crippen LogP contribution in [0.5, 0.6) is 0 Å². The van der Waals surface area contributed by atoms with Crippen LogP contribution in [-0.4, -0.2) is 25.8 Å². The molecule has 1 aliphatic carbocycles. The lowest BCUT2D eigenvalue weighted by atomic mass is 9.75. The van der Waals surface area contributed by atoms with Crippen molar-refractivity contribution < 1.29 is 4.74 Å². The highest BCUT2D eigenvalue weighted by molar-refractivity contribution is 4.81. The Bertz CT molecular complexity index is 193. The molecule has 1 aliphatic rings. The second kappa shape index (κ2) is 8.10. The topological polar surface area (TPSA) is 21.3 Å². The van der Waals surface area contributed by atoms with Gasteiger partial charge in [0.1, 0.15) is 0 Å². The van der Waals surface area contributed by atoms with E-state index in [1.54, 1.807) is 0 Å². The van der Waals surface area contributed by atoms with E-state index < -0.39 is 0 Å². The summed E-state index contributed by atoms with van der Waals surface area (Å²) in [7, 11) is 0. The average Bonchev–Trinajstić information content (AvgIpc) is 2.28. The lowest BCUT2D eigenvalue weighted by molar-refractivity contribution is -0.0387. The first-order valence-electron chi connectivity index (χ1n) is 7.47. The Labute approximate surface area is 108 Å². The van der Waals surface area contributed by atoms with Crippen LogP contribution in [0.4, 0.5) is 0 Å². The van der Waals surface area contributed by atoms with Crippen LogP contribution in [0, 0.1) is 17.8 Å². The number of ether oxygens (including phenoxy) is 1. The van der Waals surface area contributed by atoms with E-state index in [4.69, 9.17) is 4.74 Å². The highest BCUT2D eigenvalue weighted by atomic mass is 16.5. The smallest absolute Gasteiger partial charge is 0.0608 e. The highest BCUT2D eigenvalue weighted by Gasteiger charge is 2.30.